The van der Waals surface area contributed by atoms with E-state index in [1.54, 1.807) is 17.8 Å². The van der Waals surface area contributed by atoms with Gasteiger partial charge < -0.3 is 11.1 Å². The highest BCUT2D eigenvalue weighted by atomic mass is 79.9. The number of halogens is 4. The molecule has 1 heterocycles. The summed E-state index contributed by atoms with van der Waals surface area (Å²) in [6.45, 7) is 1.82. The van der Waals surface area contributed by atoms with Crippen molar-refractivity contribution in [1.29, 1.82) is 0 Å². The van der Waals surface area contributed by atoms with Crippen LogP contribution in [0.5, 0.6) is 0 Å². The summed E-state index contributed by atoms with van der Waals surface area (Å²) < 4.78 is 28.9. The first-order chi connectivity index (χ1) is 11.8. The van der Waals surface area contributed by atoms with Gasteiger partial charge in [-0.15, -0.1) is 0 Å². The summed E-state index contributed by atoms with van der Waals surface area (Å²) in [7, 11) is 1.75. The molecule has 0 aliphatic rings. The molecule has 0 unspecified atom stereocenters. The summed E-state index contributed by atoms with van der Waals surface area (Å²) in [6.07, 6.45) is 0. The maximum absolute atomic E-state index is 13.5. The van der Waals surface area contributed by atoms with Crippen molar-refractivity contribution in [1.82, 2.24) is 9.78 Å². The minimum absolute atomic E-state index is 0.238. The number of hydrogen-bond acceptors (Lipinski definition) is 3. The van der Waals surface area contributed by atoms with Gasteiger partial charge in [0, 0.05) is 22.6 Å². The van der Waals surface area contributed by atoms with Gasteiger partial charge in [-0.2, -0.15) is 5.10 Å². The number of anilines is 3. The number of nitrogens with two attached hydrogens (primary N) is 1. The normalized spacial score (nSPS) is 11.0. The van der Waals surface area contributed by atoms with Crippen molar-refractivity contribution in [3.8, 4) is 11.1 Å². The molecule has 3 rings (SSSR count). The summed E-state index contributed by atoms with van der Waals surface area (Å²) in [5.41, 5.74) is 8.72. The van der Waals surface area contributed by atoms with Gasteiger partial charge in [-0.3, -0.25) is 4.68 Å². The minimum Gasteiger partial charge on any atom is -0.397 e. The minimum atomic E-state index is -0.446. The van der Waals surface area contributed by atoms with Crippen molar-refractivity contribution >= 4 is 44.7 Å². The predicted molar refractivity (Wildman–Crippen MR) is 100 cm³/mol. The number of nitrogens with zero attached hydrogens (tertiary/aromatic N) is 2. The summed E-state index contributed by atoms with van der Waals surface area (Å²) in [4.78, 5) is 0. The molecule has 1 aromatic heterocycles. The number of hydrogen-bond donors (Lipinski definition) is 2. The van der Waals surface area contributed by atoms with E-state index in [1.807, 2.05) is 6.92 Å². The van der Waals surface area contributed by atoms with Gasteiger partial charge >= 0.3 is 0 Å². The average Bonchev–Trinajstić information content (AvgIpc) is 2.77. The third-order valence-corrected chi connectivity index (χ3v) is 4.69. The second-order valence-electron chi connectivity index (χ2n) is 5.53. The molecule has 8 heteroatoms. The Bertz CT molecular complexity index is 949. The molecule has 3 N–H and O–H groups in total. The van der Waals surface area contributed by atoms with E-state index in [4.69, 9.17) is 17.3 Å². The first-order valence-electron chi connectivity index (χ1n) is 7.28. The van der Waals surface area contributed by atoms with Crippen molar-refractivity contribution < 1.29 is 8.78 Å². The van der Waals surface area contributed by atoms with Crippen LogP contribution in [-0.2, 0) is 7.05 Å². The molecule has 2 aromatic carbocycles. The molecule has 25 heavy (non-hydrogen) atoms. The smallest absolute Gasteiger partial charge is 0.136 e. The van der Waals surface area contributed by atoms with Crippen LogP contribution in [0.3, 0.4) is 0 Å². The average molecular weight is 428 g/mol. The highest BCUT2D eigenvalue weighted by molar-refractivity contribution is 9.10. The molecular formula is C17H14BrClF2N4. The topological polar surface area (TPSA) is 55.9 Å². The molecule has 0 spiro atoms. The van der Waals surface area contributed by atoms with Crippen LogP contribution in [-0.4, -0.2) is 9.78 Å². The van der Waals surface area contributed by atoms with Crippen molar-refractivity contribution in [3.63, 3.8) is 0 Å². The molecule has 0 atom stereocenters. The SMILES string of the molecule is Cc1nn(C)c(Nc2c(N)cc(F)cc2Br)c1-c1ccc(F)cc1Cl. The molecule has 0 aliphatic heterocycles. The highest BCUT2D eigenvalue weighted by Gasteiger charge is 2.20. The Morgan fingerprint density at radius 2 is 1.92 bits per heavy atom. The Labute approximate surface area is 156 Å². The zero-order valence-electron chi connectivity index (χ0n) is 13.4. The monoisotopic (exact) mass is 426 g/mol. The third-order valence-electron chi connectivity index (χ3n) is 3.75. The van der Waals surface area contributed by atoms with Gasteiger partial charge in [-0.25, -0.2) is 8.78 Å². The molecular weight excluding hydrogens is 414 g/mol. The second kappa shape index (κ2) is 6.65. The lowest BCUT2D eigenvalue weighted by molar-refractivity contribution is 0.627. The molecule has 4 nitrogen and oxygen atoms in total. The van der Waals surface area contributed by atoms with E-state index in [0.29, 0.717) is 32.8 Å². The van der Waals surface area contributed by atoms with Crippen LogP contribution in [0.25, 0.3) is 11.1 Å². The van der Waals surface area contributed by atoms with E-state index >= 15 is 0 Å². The van der Waals surface area contributed by atoms with Crippen LogP contribution in [0, 0.1) is 18.6 Å². The molecule has 0 radical (unpaired) electrons. The number of nitrogens with one attached hydrogen (secondary N) is 1. The standard InChI is InChI=1S/C17H14BrClF2N4/c1-8-15(11-4-3-9(20)6-13(11)19)17(25(2)24-8)23-16-12(18)5-10(21)7-14(16)22/h3-7,23H,22H2,1-2H3. The fourth-order valence-electron chi connectivity index (χ4n) is 2.66. The molecule has 0 saturated carbocycles. The lowest BCUT2D eigenvalue weighted by atomic mass is 10.1. The maximum atomic E-state index is 13.5. The summed E-state index contributed by atoms with van der Waals surface area (Å²) in [5, 5.41) is 7.84. The zero-order valence-corrected chi connectivity index (χ0v) is 15.7. The Hall–Kier alpha value is -2.12. The molecule has 3 aromatic rings. The summed E-state index contributed by atoms with van der Waals surface area (Å²) in [6, 6.07) is 6.71. The highest BCUT2D eigenvalue weighted by Crippen LogP contribution is 2.40. The summed E-state index contributed by atoms with van der Waals surface area (Å²) in [5.74, 6) is -0.266. The van der Waals surface area contributed by atoms with Gasteiger partial charge in [0.25, 0.3) is 0 Å². The molecule has 0 fully saturated rings. The number of aromatic nitrogens is 2. The van der Waals surface area contributed by atoms with E-state index in [-0.39, 0.29) is 10.7 Å². The molecule has 0 saturated heterocycles. The summed E-state index contributed by atoms with van der Waals surface area (Å²) >= 11 is 9.52. The van der Waals surface area contributed by atoms with Gasteiger partial charge in [0.2, 0.25) is 0 Å². The Morgan fingerprint density at radius 1 is 1.20 bits per heavy atom. The zero-order chi connectivity index (χ0) is 18.3. The first-order valence-corrected chi connectivity index (χ1v) is 8.45. The Morgan fingerprint density at radius 3 is 2.56 bits per heavy atom. The van der Waals surface area contributed by atoms with Crippen molar-refractivity contribution in [2.45, 2.75) is 6.92 Å². The fourth-order valence-corrected chi connectivity index (χ4v) is 3.47. The van der Waals surface area contributed by atoms with E-state index in [2.05, 4.69) is 26.3 Å². The van der Waals surface area contributed by atoms with Crippen LogP contribution in [0.2, 0.25) is 5.02 Å². The van der Waals surface area contributed by atoms with Gasteiger partial charge in [0.15, 0.2) is 0 Å². The Balaban J connectivity index is 2.16. The number of rotatable bonds is 3. The Kier molecular flexibility index (Phi) is 4.71. The maximum Gasteiger partial charge on any atom is 0.136 e. The van der Waals surface area contributed by atoms with Crippen LogP contribution in [0.4, 0.5) is 26.0 Å². The van der Waals surface area contributed by atoms with Gasteiger partial charge in [0.05, 0.1) is 22.1 Å². The quantitative estimate of drug-likeness (QED) is 0.549. The number of aryl methyl sites for hydroxylation is 2. The van der Waals surface area contributed by atoms with Gasteiger partial charge in [-0.05, 0) is 53.2 Å². The van der Waals surface area contributed by atoms with Crippen LogP contribution >= 0.6 is 27.5 Å². The first kappa shape index (κ1) is 17.7. The lowest BCUT2D eigenvalue weighted by Gasteiger charge is -2.14. The molecule has 0 amide bonds. The second-order valence-corrected chi connectivity index (χ2v) is 6.80. The van der Waals surface area contributed by atoms with E-state index in [0.717, 1.165) is 0 Å². The molecule has 0 bridgehead atoms. The van der Waals surface area contributed by atoms with Gasteiger partial charge in [-0.1, -0.05) is 11.6 Å². The number of benzene rings is 2. The van der Waals surface area contributed by atoms with E-state index in [1.165, 1.54) is 24.3 Å². The number of nitrogen functional groups attached to an aromatic ring is 1. The van der Waals surface area contributed by atoms with Crippen molar-refractivity contribution in [2.24, 2.45) is 7.05 Å². The van der Waals surface area contributed by atoms with Crippen LogP contribution in [0.1, 0.15) is 5.69 Å². The van der Waals surface area contributed by atoms with E-state index < -0.39 is 11.6 Å². The van der Waals surface area contributed by atoms with Crippen molar-refractivity contribution in [2.75, 3.05) is 11.1 Å². The third kappa shape index (κ3) is 3.34. The van der Waals surface area contributed by atoms with Gasteiger partial charge in [0.1, 0.15) is 17.5 Å². The van der Waals surface area contributed by atoms with Crippen molar-refractivity contribution in [3.05, 3.63) is 57.2 Å². The van der Waals surface area contributed by atoms with E-state index in [9.17, 15) is 8.78 Å². The predicted octanol–water partition coefficient (Wildman–Crippen LogP) is 5.42. The lowest BCUT2D eigenvalue weighted by Crippen LogP contribution is -2.04. The van der Waals surface area contributed by atoms with Crippen LogP contribution in [0.15, 0.2) is 34.8 Å². The largest absolute Gasteiger partial charge is 0.397 e. The molecule has 0 aliphatic carbocycles. The fraction of sp³-hybridized carbons (Fsp3) is 0.118. The molecule has 130 valence electrons. The van der Waals surface area contributed by atoms with Crippen LogP contribution < -0.4 is 11.1 Å².